The van der Waals surface area contributed by atoms with Crippen molar-refractivity contribution in [3.05, 3.63) is 24.3 Å². The number of para-hydroxylation sites is 1. The van der Waals surface area contributed by atoms with Gasteiger partial charge in [-0.25, -0.2) is 4.79 Å². The zero-order valence-electron chi connectivity index (χ0n) is 9.79. The Morgan fingerprint density at radius 2 is 2.24 bits per heavy atom. The molecule has 2 rings (SSSR count). The van der Waals surface area contributed by atoms with E-state index in [9.17, 15) is 4.79 Å². The molecular formula is C12H16N4O. The summed E-state index contributed by atoms with van der Waals surface area (Å²) in [5.74, 6) is 0.564. The minimum Gasteiger partial charge on any atom is -0.338 e. The van der Waals surface area contributed by atoms with Crippen molar-refractivity contribution in [2.75, 3.05) is 11.9 Å². The molecular weight excluding hydrogens is 216 g/mol. The standard InChI is InChI=1S/C12H16N4O/c1-2-3-8-13-12(17)14-11-9-6-4-5-7-10(9)15-16-11/h4-7H,2-3,8H2,1H3,(H3,13,14,15,16,17). The number of nitrogens with zero attached hydrogens (tertiary/aromatic N) is 1. The average Bonchev–Trinajstić information content (AvgIpc) is 2.73. The lowest BCUT2D eigenvalue weighted by Crippen LogP contribution is -2.29. The van der Waals surface area contributed by atoms with Crippen molar-refractivity contribution in [1.29, 1.82) is 0 Å². The largest absolute Gasteiger partial charge is 0.338 e. The molecule has 0 fully saturated rings. The van der Waals surface area contributed by atoms with E-state index in [-0.39, 0.29) is 6.03 Å². The van der Waals surface area contributed by atoms with Crippen LogP contribution in [0.15, 0.2) is 24.3 Å². The number of urea groups is 1. The second kappa shape index (κ2) is 5.34. The molecule has 3 N–H and O–H groups in total. The zero-order valence-corrected chi connectivity index (χ0v) is 9.79. The lowest BCUT2D eigenvalue weighted by Gasteiger charge is -2.04. The van der Waals surface area contributed by atoms with Crippen LogP contribution in [0.1, 0.15) is 19.8 Å². The number of hydrogen-bond acceptors (Lipinski definition) is 2. The van der Waals surface area contributed by atoms with Crippen molar-refractivity contribution in [3.8, 4) is 0 Å². The summed E-state index contributed by atoms with van der Waals surface area (Å²) in [6, 6.07) is 7.46. The summed E-state index contributed by atoms with van der Waals surface area (Å²) in [5.41, 5.74) is 0.913. The van der Waals surface area contributed by atoms with E-state index >= 15 is 0 Å². The number of fused-ring (bicyclic) bond motifs is 1. The van der Waals surface area contributed by atoms with Gasteiger partial charge >= 0.3 is 6.03 Å². The van der Waals surface area contributed by atoms with Gasteiger partial charge in [0, 0.05) is 11.9 Å². The number of unbranched alkanes of at least 4 members (excludes halogenated alkanes) is 1. The minimum absolute atomic E-state index is 0.212. The highest BCUT2D eigenvalue weighted by Crippen LogP contribution is 2.19. The zero-order chi connectivity index (χ0) is 12.1. The SMILES string of the molecule is CCCCNC(=O)Nc1n[nH]c2ccccc12. The smallest absolute Gasteiger partial charge is 0.320 e. The van der Waals surface area contributed by atoms with Crippen LogP contribution in [-0.4, -0.2) is 22.8 Å². The highest BCUT2D eigenvalue weighted by Gasteiger charge is 2.07. The fraction of sp³-hybridized carbons (Fsp3) is 0.333. The Bertz CT molecular complexity index is 506. The molecule has 0 bridgehead atoms. The van der Waals surface area contributed by atoms with Gasteiger partial charge in [-0.05, 0) is 18.6 Å². The van der Waals surface area contributed by atoms with Crippen LogP contribution in [0.4, 0.5) is 10.6 Å². The predicted octanol–water partition coefficient (Wildman–Crippen LogP) is 2.48. The number of carbonyl (C=O) groups excluding carboxylic acids is 1. The van der Waals surface area contributed by atoms with Crippen LogP contribution >= 0.6 is 0 Å². The number of anilines is 1. The maximum Gasteiger partial charge on any atom is 0.320 e. The third-order valence-electron chi connectivity index (χ3n) is 2.52. The predicted molar refractivity (Wildman–Crippen MR) is 68.0 cm³/mol. The lowest BCUT2D eigenvalue weighted by molar-refractivity contribution is 0.252. The second-order valence-corrected chi connectivity index (χ2v) is 3.85. The van der Waals surface area contributed by atoms with Gasteiger partial charge in [-0.15, -0.1) is 0 Å². The number of aromatic nitrogens is 2. The van der Waals surface area contributed by atoms with E-state index in [4.69, 9.17) is 0 Å². The molecule has 0 aliphatic heterocycles. The first-order chi connectivity index (χ1) is 8.31. The van der Waals surface area contributed by atoms with Crippen LogP contribution in [0.25, 0.3) is 10.9 Å². The molecule has 0 aliphatic rings. The molecule has 5 heteroatoms. The number of benzene rings is 1. The van der Waals surface area contributed by atoms with Crippen LogP contribution in [0.3, 0.4) is 0 Å². The van der Waals surface area contributed by atoms with Gasteiger partial charge in [0.1, 0.15) is 0 Å². The molecule has 5 nitrogen and oxygen atoms in total. The number of amides is 2. The summed E-state index contributed by atoms with van der Waals surface area (Å²) in [6.45, 7) is 2.77. The number of carbonyl (C=O) groups is 1. The second-order valence-electron chi connectivity index (χ2n) is 3.85. The first-order valence-electron chi connectivity index (χ1n) is 5.79. The van der Waals surface area contributed by atoms with Crippen molar-refractivity contribution in [2.45, 2.75) is 19.8 Å². The average molecular weight is 232 g/mol. The first kappa shape index (κ1) is 11.4. The van der Waals surface area contributed by atoms with E-state index in [2.05, 4.69) is 27.8 Å². The Kier molecular flexibility index (Phi) is 3.59. The van der Waals surface area contributed by atoms with Crippen LogP contribution in [0.2, 0.25) is 0 Å². The fourth-order valence-electron chi connectivity index (χ4n) is 1.59. The summed E-state index contributed by atoms with van der Waals surface area (Å²) >= 11 is 0. The molecule has 1 heterocycles. The highest BCUT2D eigenvalue weighted by molar-refractivity contribution is 5.98. The topological polar surface area (TPSA) is 69.8 Å². The van der Waals surface area contributed by atoms with Crippen molar-refractivity contribution in [1.82, 2.24) is 15.5 Å². The van der Waals surface area contributed by atoms with Gasteiger partial charge in [-0.3, -0.25) is 10.4 Å². The molecule has 0 saturated carbocycles. The Hall–Kier alpha value is -2.04. The molecule has 1 aromatic carbocycles. The van der Waals surface area contributed by atoms with Crippen LogP contribution in [0.5, 0.6) is 0 Å². The van der Waals surface area contributed by atoms with Crippen molar-refractivity contribution in [3.63, 3.8) is 0 Å². The van der Waals surface area contributed by atoms with Crippen LogP contribution in [-0.2, 0) is 0 Å². The van der Waals surface area contributed by atoms with Gasteiger partial charge < -0.3 is 5.32 Å². The molecule has 90 valence electrons. The summed E-state index contributed by atoms with van der Waals surface area (Å²) in [4.78, 5) is 11.6. The van der Waals surface area contributed by atoms with Gasteiger partial charge in [0.25, 0.3) is 0 Å². The van der Waals surface area contributed by atoms with Gasteiger partial charge in [0.15, 0.2) is 5.82 Å². The van der Waals surface area contributed by atoms with Gasteiger partial charge in [0.2, 0.25) is 0 Å². The van der Waals surface area contributed by atoms with Gasteiger partial charge in [-0.2, -0.15) is 5.10 Å². The van der Waals surface area contributed by atoms with E-state index in [1.54, 1.807) is 0 Å². The number of rotatable bonds is 4. The summed E-state index contributed by atoms with van der Waals surface area (Å²) in [7, 11) is 0. The number of H-pyrrole nitrogens is 1. The number of aromatic amines is 1. The normalized spacial score (nSPS) is 10.4. The van der Waals surface area contributed by atoms with Crippen molar-refractivity contribution < 1.29 is 4.79 Å². The molecule has 0 radical (unpaired) electrons. The van der Waals surface area contributed by atoms with E-state index in [1.165, 1.54) is 0 Å². The summed E-state index contributed by atoms with van der Waals surface area (Å²) in [5, 5.41) is 13.4. The summed E-state index contributed by atoms with van der Waals surface area (Å²) < 4.78 is 0. The van der Waals surface area contributed by atoms with Crippen molar-refractivity contribution >= 4 is 22.8 Å². The van der Waals surface area contributed by atoms with Gasteiger partial charge in [0.05, 0.1) is 5.52 Å². The fourth-order valence-corrected chi connectivity index (χ4v) is 1.59. The number of hydrogen-bond donors (Lipinski definition) is 3. The Labute approximate surface area is 99.6 Å². The van der Waals surface area contributed by atoms with E-state index in [0.717, 1.165) is 23.7 Å². The monoisotopic (exact) mass is 232 g/mol. The highest BCUT2D eigenvalue weighted by atomic mass is 16.2. The lowest BCUT2D eigenvalue weighted by atomic mass is 10.2. The maximum absolute atomic E-state index is 11.6. The molecule has 0 aliphatic carbocycles. The molecule has 0 unspecified atom stereocenters. The molecule has 2 amide bonds. The number of nitrogens with one attached hydrogen (secondary N) is 3. The Balaban J connectivity index is 2.01. The van der Waals surface area contributed by atoms with E-state index in [0.29, 0.717) is 12.4 Å². The Morgan fingerprint density at radius 3 is 3.06 bits per heavy atom. The molecule has 0 saturated heterocycles. The molecule has 17 heavy (non-hydrogen) atoms. The molecule has 0 spiro atoms. The molecule has 2 aromatic rings. The van der Waals surface area contributed by atoms with Gasteiger partial charge in [-0.1, -0.05) is 25.5 Å². The molecule has 0 atom stereocenters. The quantitative estimate of drug-likeness (QED) is 0.709. The Morgan fingerprint density at radius 1 is 1.41 bits per heavy atom. The van der Waals surface area contributed by atoms with E-state index in [1.807, 2.05) is 24.3 Å². The van der Waals surface area contributed by atoms with Crippen LogP contribution in [0, 0.1) is 0 Å². The maximum atomic E-state index is 11.6. The van der Waals surface area contributed by atoms with Crippen LogP contribution < -0.4 is 10.6 Å². The minimum atomic E-state index is -0.212. The first-order valence-corrected chi connectivity index (χ1v) is 5.79. The third kappa shape index (κ3) is 2.75. The van der Waals surface area contributed by atoms with E-state index < -0.39 is 0 Å². The molecule has 1 aromatic heterocycles. The summed E-state index contributed by atoms with van der Waals surface area (Å²) in [6.07, 6.45) is 2.04. The van der Waals surface area contributed by atoms with Crippen molar-refractivity contribution in [2.24, 2.45) is 0 Å². The third-order valence-corrected chi connectivity index (χ3v) is 2.52.